The molecule has 0 aromatic carbocycles. The number of aryl methyl sites for hydroxylation is 1. The molecule has 1 aliphatic heterocycles. The quantitative estimate of drug-likeness (QED) is 0.520. The third kappa shape index (κ3) is 6.04. The van der Waals surface area contributed by atoms with Gasteiger partial charge in [0.05, 0.1) is 12.6 Å². The van der Waals surface area contributed by atoms with Crippen molar-refractivity contribution in [2.24, 2.45) is 10.9 Å². The third-order valence-electron chi connectivity index (χ3n) is 5.10. The van der Waals surface area contributed by atoms with Crippen LogP contribution in [0.5, 0.6) is 0 Å². The summed E-state index contributed by atoms with van der Waals surface area (Å²) in [6.07, 6.45) is 3.23. The zero-order valence-corrected chi connectivity index (χ0v) is 18.0. The maximum atomic E-state index is 5.17. The molecule has 0 bridgehead atoms. The van der Waals surface area contributed by atoms with Crippen LogP contribution in [-0.4, -0.2) is 53.7 Å². The second-order valence-electron chi connectivity index (χ2n) is 7.38. The van der Waals surface area contributed by atoms with Gasteiger partial charge < -0.3 is 15.2 Å². The highest BCUT2D eigenvalue weighted by Gasteiger charge is 2.25. The first-order chi connectivity index (χ1) is 13.7. The molecule has 0 amide bonds. The number of hydrogen-bond donors (Lipinski definition) is 2. The predicted octanol–water partition coefficient (Wildman–Crippen LogP) is 3.01. The van der Waals surface area contributed by atoms with E-state index < -0.39 is 0 Å². The van der Waals surface area contributed by atoms with Crippen LogP contribution >= 0.6 is 11.3 Å². The second kappa shape index (κ2) is 10.6. The molecular weight excluding hydrogens is 372 g/mol. The smallest absolute Gasteiger partial charge is 0.228 e. The molecule has 1 unspecified atom stereocenters. The van der Waals surface area contributed by atoms with Gasteiger partial charge in [0, 0.05) is 24.4 Å². The summed E-state index contributed by atoms with van der Waals surface area (Å²) >= 11 is 1.83. The van der Waals surface area contributed by atoms with E-state index in [1.807, 2.05) is 18.3 Å². The number of thiophene rings is 1. The van der Waals surface area contributed by atoms with Crippen molar-refractivity contribution >= 4 is 17.3 Å². The molecule has 0 radical (unpaired) electrons. The first-order valence-electron chi connectivity index (χ1n) is 10.2. The number of nitrogens with one attached hydrogen (secondary N) is 2. The topological polar surface area (TPSA) is 78.6 Å². The Morgan fingerprint density at radius 2 is 2.21 bits per heavy atom. The van der Waals surface area contributed by atoms with Crippen LogP contribution < -0.4 is 10.6 Å². The number of aliphatic imine (C=N–C) groups is 1. The van der Waals surface area contributed by atoms with E-state index in [0.717, 1.165) is 38.1 Å². The fourth-order valence-corrected chi connectivity index (χ4v) is 4.31. The van der Waals surface area contributed by atoms with Gasteiger partial charge in [-0.05, 0) is 57.1 Å². The van der Waals surface area contributed by atoms with Crippen LogP contribution in [0, 0.1) is 12.8 Å². The van der Waals surface area contributed by atoms with Gasteiger partial charge >= 0.3 is 0 Å². The van der Waals surface area contributed by atoms with E-state index in [0.29, 0.717) is 30.7 Å². The highest BCUT2D eigenvalue weighted by Crippen LogP contribution is 2.29. The predicted molar refractivity (Wildman–Crippen MR) is 114 cm³/mol. The molecule has 3 rings (SSSR count). The molecule has 1 aliphatic rings. The lowest BCUT2D eigenvalue weighted by molar-refractivity contribution is 0.143. The molecule has 8 heteroatoms. The molecule has 1 fully saturated rings. The van der Waals surface area contributed by atoms with Crippen molar-refractivity contribution in [3.05, 3.63) is 34.1 Å². The van der Waals surface area contributed by atoms with Gasteiger partial charge in [-0.3, -0.25) is 9.89 Å². The minimum atomic E-state index is 0.349. The monoisotopic (exact) mass is 404 g/mol. The number of piperidine rings is 1. The minimum absolute atomic E-state index is 0.349. The van der Waals surface area contributed by atoms with Crippen LogP contribution in [0.25, 0.3) is 0 Å². The van der Waals surface area contributed by atoms with Crippen molar-refractivity contribution in [3.63, 3.8) is 0 Å². The summed E-state index contributed by atoms with van der Waals surface area (Å²) in [4.78, 5) is 13.1. The summed E-state index contributed by atoms with van der Waals surface area (Å²) in [7, 11) is 0. The van der Waals surface area contributed by atoms with Crippen LogP contribution in [0.1, 0.15) is 49.3 Å². The van der Waals surface area contributed by atoms with E-state index in [2.05, 4.69) is 57.0 Å². The lowest BCUT2D eigenvalue weighted by Crippen LogP contribution is -2.40. The number of hydrogen-bond acceptors (Lipinski definition) is 6. The Hall–Kier alpha value is -1.93. The Bertz CT molecular complexity index is 721. The van der Waals surface area contributed by atoms with Crippen LogP contribution in [0.3, 0.4) is 0 Å². The summed E-state index contributed by atoms with van der Waals surface area (Å²) in [6.45, 7) is 10.9. The van der Waals surface area contributed by atoms with Crippen molar-refractivity contribution < 1.29 is 4.52 Å². The van der Waals surface area contributed by atoms with Gasteiger partial charge in [0.15, 0.2) is 11.8 Å². The van der Waals surface area contributed by atoms with Crippen molar-refractivity contribution in [2.75, 3.05) is 32.7 Å². The molecule has 0 spiro atoms. The molecule has 1 saturated heterocycles. The van der Waals surface area contributed by atoms with E-state index in [-0.39, 0.29) is 0 Å². The fourth-order valence-electron chi connectivity index (χ4n) is 3.46. The average molecular weight is 405 g/mol. The summed E-state index contributed by atoms with van der Waals surface area (Å²) < 4.78 is 5.17. The summed E-state index contributed by atoms with van der Waals surface area (Å²) in [5.74, 6) is 2.99. The Labute approximate surface area is 171 Å². The first kappa shape index (κ1) is 20.8. The number of aromatic nitrogens is 2. The number of nitrogens with zero attached hydrogens (tertiary/aromatic N) is 4. The van der Waals surface area contributed by atoms with Crippen molar-refractivity contribution in [3.8, 4) is 0 Å². The summed E-state index contributed by atoms with van der Waals surface area (Å²) in [5.41, 5.74) is 0. The lowest BCUT2D eigenvalue weighted by Gasteiger charge is -2.35. The molecule has 2 aromatic rings. The van der Waals surface area contributed by atoms with Gasteiger partial charge in [0.1, 0.15) is 0 Å². The Morgan fingerprint density at radius 3 is 2.86 bits per heavy atom. The van der Waals surface area contributed by atoms with E-state index >= 15 is 0 Å². The van der Waals surface area contributed by atoms with Crippen LogP contribution in [0.2, 0.25) is 0 Å². The molecule has 28 heavy (non-hydrogen) atoms. The Kier molecular flexibility index (Phi) is 7.85. The molecule has 0 saturated carbocycles. The summed E-state index contributed by atoms with van der Waals surface area (Å²) in [5, 5.41) is 12.7. The zero-order chi connectivity index (χ0) is 19.8. The normalized spacial score (nSPS) is 17.6. The number of likely N-dealkylation sites (tertiary alicyclic amines) is 1. The van der Waals surface area contributed by atoms with Crippen molar-refractivity contribution in [1.29, 1.82) is 0 Å². The van der Waals surface area contributed by atoms with Crippen molar-refractivity contribution in [1.82, 2.24) is 25.7 Å². The van der Waals surface area contributed by atoms with Gasteiger partial charge in [0.25, 0.3) is 0 Å². The molecule has 7 nitrogen and oxygen atoms in total. The van der Waals surface area contributed by atoms with Gasteiger partial charge in [-0.25, -0.2) is 0 Å². The van der Waals surface area contributed by atoms with Crippen molar-refractivity contribution in [2.45, 2.75) is 46.1 Å². The highest BCUT2D eigenvalue weighted by molar-refractivity contribution is 7.10. The highest BCUT2D eigenvalue weighted by atomic mass is 32.1. The Morgan fingerprint density at radius 1 is 1.39 bits per heavy atom. The van der Waals surface area contributed by atoms with Crippen LogP contribution in [0.15, 0.2) is 27.0 Å². The molecular formula is C20H32N6OS. The Balaban J connectivity index is 1.60. The van der Waals surface area contributed by atoms with E-state index in [1.54, 1.807) is 0 Å². The minimum Gasteiger partial charge on any atom is -0.357 e. The maximum Gasteiger partial charge on any atom is 0.228 e. The van der Waals surface area contributed by atoms with E-state index in [9.17, 15) is 0 Å². The van der Waals surface area contributed by atoms with E-state index in [4.69, 9.17) is 9.52 Å². The molecule has 3 heterocycles. The van der Waals surface area contributed by atoms with Crippen LogP contribution in [-0.2, 0) is 6.42 Å². The first-order valence-corrected chi connectivity index (χ1v) is 11.1. The SMILES string of the molecule is CCNC(=NCC(c1cccs1)N1CCC(C)CC1)NCCc1nc(C)no1. The molecule has 2 aromatic heterocycles. The average Bonchev–Trinajstić information content (AvgIpc) is 3.35. The molecule has 2 N–H and O–H groups in total. The van der Waals surface area contributed by atoms with Crippen LogP contribution in [0.4, 0.5) is 0 Å². The fraction of sp³-hybridized carbons (Fsp3) is 0.650. The van der Waals surface area contributed by atoms with Gasteiger partial charge in [-0.1, -0.05) is 18.1 Å². The molecule has 1 atom stereocenters. The van der Waals surface area contributed by atoms with Gasteiger partial charge in [-0.15, -0.1) is 11.3 Å². The van der Waals surface area contributed by atoms with Gasteiger partial charge in [0.2, 0.25) is 5.89 Å². The largest absolute Gasteiger partial charge is 0.357 e. The maximum absolute atomic E-state index is 5.17. The lowest BCUT2D eigenvalue weighted by atomic mass is 9.97. The molecule has 0 aliphatic carbocycles. The van der Waals surface area contributed by atoms with E-state index in [1.165, 1.54) is 17.7 Å². The zero-order valence-electron chi connectivity index (χ0n) is 17.1. The molecule has 154 valence electrons. The summed E-state index contributed by atoms with van der Waals surface area (Å²) in [6, 6.07) is 4.72. The van der Waals surface area contributed by atoms with Gasteiger partial charge in [-0.2, -0.15) is 4.98 Å². The standard InChI is InChI=1S/C20H32N6OS/c1-4-21-20(22-10-7-19-24-16(3)25-27-19)23-14-17(18-6-5-13-28-18)26-11-8-15(2)9-12-26/h5-6,13,15,17H,4,7-12,14H2,1-3H3,(H2,21,22,23). The third-order valence-corrected chi connectivity index (χ3v) is 6.07. The number of guanidine groups is 1. The second-order valence-corrected chi connectivity index (χ2v) is 8.36. The number of rotatable bonds is 8.